The highest BCUT2D eigenvalue weighted by atomic mass is 32.2. The summed E-state index contributed by atoms with van der Waals surface area (Å²) in [5.74, 6) is -0.400. The van der Waals surface area contributed by atoms with E-state index in [1.807, 2.05) is 0 Å². The summed E-state index contributed by atoms with van der Waals surface area (Å²) < 4.78 is 40.3. The van der Waals surface area contributed by atoms with Crippen molar-refractivity contribution in [2.45, 2.75) is 37.6 Å². The van der Waals surface area contributed by atoms with Gasteiger partial charge in [-0.15, -0.1) is 0 Å². The SMILES string of the molecule is Cc1cc(F)cc(C)c1S(=O)(=O)N(C)C1CCNCC1. The number of halogens is 1. The van der Waals surface area contributed by atoms with E-state index in [0.717, 1.165) is 25.9 Å². The van der Waals surface area contributed by atoms with E-state index < -0.39 is 15.8 Å². The van der Waals surface area contributed by atoms with E-state index in [0.29, 0.717) is 11.1 Å². The highest BCUT2D eigenvalue weighted by molar-refractivity contribution is 7.89. The van der Waals surface area contributed by atoms with Crippen molar-refractivity contribution in [1.29, 1.82) is 0 Å². The number of benzene rings is 1. The van der Waals surface area contributed by atoms with Crippen molar-refractivity contribution in [2.75, 3.05) is 20.1 Å². The molecule has 4 nitrogen and oxygen atoms in total. The van der Waals surface area contributed by atoms with Crippen molar-refractivity contribution in [2.24, 2.45) is 0 Å². The van der Waals surface area contributed by atoms with E-state index in [-0.39, 0.29) is 10.9 Å². The number of hydrogen-bond acceptors (Lipinski definition) is 3. The number of nitrogens with zero attached hydrogens (tertiary/aromatic N) is 1. The van der Waals surface area contributed by atoms with Crippen LogP contribution in [0.1, 0.15) is 24.0 Å². The lowest BCUT2D eigenvalue weighted by Crippen LogP contribution is -2.44. The van der Waals surface area contributed by atoms with E-state index in [2.05, 4.69) is 5.32 Å². The third-order valence-corrected chi connectivity index (χ3v) is 6.10. The Morgan fingerprint density at radius 2 is 1.70 bits per heavy atom. The lowest BCUT2D eigenvalue weighted by Gasteiger charge is -2.31. The number of piperidine rings is 1. The van der Waals surface area contributed by atoms with Gasteiger partial charge in [-0.25, -0.2) is 12.8 Å². The minimum Gasteiger partial charge on any atom is -0.317 e. The maximum absolute atomic E-state index is 13.3. The molecule has 0 aromatic heterocycles. The molecule has 0 aliphatic carbocycles. The first kappa shape index (κ1) is 15.4. The van der Waals surface area contributed by atoms with Gasteiger partial charge < -0.3 is 5.32 Å². The predicted octanol–water partition coefficient (Wildman–Crippen LogP) is 1.82. The Kier molecular flexibility index (Phi) is 4.46. The molecule has 0 bridgehead atoms. The van der Waals surface area contributed by atoms with Gasteiger partial charge in [0.15, 0.2) is 0 Å². The van der Waals surface area contributed by atoms with Crippen molar-refractivity contribution >= 4 is 10.0 Å². The summed E-state index contributed by atoms with van der Waals surface area (Å²) >= 11 is 0. The molecular formula is C14H21FN2O2S. The van der Waals surface area contributed by atoms with Crippen LogP contribution in [0.3, 0.4) is 0 Å². The molecule has 0 saturated carbocycles. The standard InChI is InChI=1S/C14H21FN2O2S/c1-10-8-12(15)9-11(2)14(10)20(18,19)17(3)13-4-6-16-7-5-13/h8-9,13,16H,4-7H2,1-3H3. The molecular weight excluding hydrogens is 279 g/mol. The Morgan fingerprint density at radius 1 is 1.20 bits per heavy atom. The summed E-state index contributed by atoms with van der Waals surface area (Å²) in [5.41, 5.74) is 0.923. The predicted molar refractivity (Wildman–Crippen MR) is 76.7 cm³/mol. The van der Waals surface area contributed by atoms with Crippen LogP contribution in [-0.4, -0.2) is 38.9 Å². The molecule has 0 unspecified atom stereocenters. The molecule has 1 aromatic rings. The van der Waals surface area contributed by atoms with Crippen LogP contribution >= 0.6 is 0 Å². The molecule has 1 fully saturated rings. The fourth-order valence-corrected chi connectivity index (χ4v) is 4.64. The lowest BCUT2D eigenvalue weighted by atomic mass is 10.1. The van der Waals surface area contributed by atoms with Gasteiger partial charge in [-0.1, -0.05) is 0 Å². The summed E-state index contributed by atoms with van der Waals surface area (Å²) in [4.78, 5) is 0.236. The fraction of sp³-hybridized carbons (Fsp3) is 0.571. The molecule has 0 spiro atoms. The molecule has 20 heavy (non-hydrogen) atoms. The molecule has 0 atom stereocenters. The average molecular weight is 300 g/mol. The molecule has 1 heterocycles. The van der Waals surface area contributed by atoms with Crippen molar-refractivity contribution in [3.63, 3.8) is 0 Å². The van der Waals surface area contributed by atoms with Gasteiger partial charge in [0.25, 0.3) is 0 Å². The van der Waals surface area contributed by atoms with Crippen LogP contribution in [0.5, 0.6) is 0 Å². The molecule has 1 aliphatic heterocycles. The second-order valence-corrected chi connectivity index (χ2v) is 7.31. The third kappa shape index (κ3) is 2.87. The van der Waals surface area contributed by atoms with E-state index in [4.69, 9.17) is 0 Å². The minimum atomic E-state index is -3.58. The quantitative estimate of drug-likeness (QED) is 0.926. The van der Waals surface area contributed by atoms with Crippen molar-refractivity contribution in [3.05, 3.63) is 29.1 Å². The van der Waals surface area contributed by atoms with E-state index >= 15 is 0 Å². The number of rotatable bonds is 3. The fourth-order valence-electron chi connectivity index (χ4n) is 2.81. The van der Waals surface area contributed by atoms with Crippen molar-refractivity contribution in [1.82, 2.24) is 9.62 Å². The molecule has 0 radical (unpaired) electrons. The summed E-state index contributed by atoms with van der Waals surface area (Å²) in [7, 11) is -1.96. The van der Waals surface area contributed by atoms with Crippen molar-refractivity contribution < 1.29 is 12.8 Å². The molecule has 6 heteroatoms. The molecule has 0 amide bonds. The van der Waals surface area contributed by atoms with Gasteiger partial charge >= 0.3 is 0 Å². The maximum atomic E-state index is 13.3. The summed E-state index contributed by atoms with van der Waals surface area (Å²) in [6, 6.07) is 2.55. The van der Waals surface area contributed by atoms with Crippen molar-refractivity contribution in [3.8, 4) is 0 Å². The Bertz CT molecular complexity index is 572. The van der Waals surface area contributed by atoms with E-state index in [1.54, 1.807) is 20.9 Å². The Hall–Kier alpha value is -0.980. The van der Waals surface area contributed by atoms with Crippen LogP contribution < -0.4 is 5.32 Å². The number of sulfonamides is 1. The normalized spacial score (nSPS) is 17.6. The number of hydrogen-bond donors (Lipinski definition) is 1. The smallest absolute Gasteiger partial charge is 0.243 e. The number of nitrogens with one attached hydrogen (secondary N) is 1. The van der Waals surface area contributed by atoms with Gasteiger partial charge in [-0.2, -0.15) is 4.31 Å². The molecule has 2 rings (SSSR count). The maximum Gasteiger partial charge on any atom is 0.243 e. The van der Waals surface area contributed by atoms with E-state index in [1.165, 1.54) is 16.4 Å². The first-order valence-electron chi connectivity index (χ1n) is 6.79. The van der Waals surface area contributed by atoms with Gasteiger partial charge in [-0.05, 0) is 63.0 Å². The number of aryl methyl sites for hydroxylation is 2. The topological polar surface area (TPSA) is 49.4 Å². The van der Waals surface area contributed by atoms with Crippen LogP contribution in [0.25, 0.3) is 0 Å². The summed E-state index contributed by atoms with van der Waals surface area (Å²) in [5, 5.41) is 3.22. The van der Waals surface area contributed by atoms with Crippen LogP contribution in [0, 0.1) is 19.7 Å². The highest BCUT2D eigenvalue weighted by Gasteiger charge is 2.31. The minimum absolute atomic E-state index is 0.00473. The monoisotopic (exact) mass is 300 g/mol. The molecule has 1 aromatic carbocycles. The van der Waals surface area contributed by atoms with Crippen LogP contribution in [0.4, 0.5) is 4.39 Å². The van der Waals surface area contributed by atoms with Gasteiger partial charge in [0.2, 0.25) is 10.0 Å². The summed E-state index contributed by atoms with van der Waals surface area (Å²) in [6.45, 7) is 4.93. The van der Waals surface area contributed by atoms with Crippen LogP contribution in [-0.2, 0) is 10.0 Å². The van der Waals surface area contributed by atoms with E-state index in [9.17, 15) is 12.8 Å². The second-order valence-electron chi connectivity index (χ2n) is 5.37. The lowest BCUT2D eigenvalue weighted by molar-refractivity contribution is 0.296. The van der Waals surface area contributed by atoms with Gasteiger partial charge in [0.1, 0.15) is 5.82 Å². The largest absolute Gasteiger partial charge is 0.317 e. The zero-order valence-electron chi connectivity index (χ0n) is 12.1. The zero-order valence-corrected chi connectivity index (χ0v) is 12.9. The zero-order chi connectivity index (χ0) is 14.9. The van der Waals surface area contributed by atoms with Crippen LogP contribution in [0.15, 0.2) is 17.0 Å². The van der Waals surface area contributed by atoms with Gasteiger partial charge in [0.05, 0.1) is 4.90 Å². The Labute approximate surface area is 120 Å². The molecule has 1 saturated heterocycles. The molecule has 1 aliphatic rings. The first-order chi connectivity index (χ1) is 9.34. The Morgan fingerprint density at radius 3 is 2.20 bits per heavy atom. The van der Waals surface area contributed by atoms with Gasteiger partial charge in [0, 0.05) is 13.1 Å². The average Bonchev–Trinajstić information content (AvgIpc) is 2.37. The Balaban J connectivity index is 2.39. The first-order valence-corrected chi connectivity index (χ1v) is 8.23. The molecule has 112 valence electrons. The second kappa shape index (κ2) is 5.79. The highest BCUT2D eigenvalue weighted by Crippen LogP contribution is 2.27. The summed E-state index contributed by atoms with van der Waals surface area (Å²) in [6.07, 6.45) is 1.60. The van der Waals surface area contributed by atoms with Crippen LogP contribution in [0.2, 0.25) is 0 Å². The third-order valence-electron chi connectivity index (χ3n) is 3.89. The van der Waals surface area contributed by atoms with Gasteiger partial charge in [-0.3, -0.25) is 0 Å². The molecule has 1 N–H and O–H groups in total.